The van der Waals surface area contributed by atoms with Gasteiger partial charge in [-0.1, -0.05) is 0 Å². The van der Waals surface area contributed by atoms with Crippen molar-refractivity contribution in [2.24, 2.45) is 0 Å². The molecule has 0 aromatic heterocycles. The fourth-order valence-corrected chi connectivity index (χ4v) is 1.67. The van der Waals surface area contributed by atoms with Gasteiger partial charge in [0.25, 0.3) is 0 Å². The average Bonchev–Trinajstić information content (AvgIpc) is 2.62. The number of rotatable bonds is 11. The van der Waals surface area contributed by atoms with Crippen LogP contribution in [-0.2, 0) is 67.1 Å². The molecule has 0 aromatic rings. The second-order valence-corrected chi connectivity index (χ2v) is 6.35. The molecule has 32 heavy (non-hydrogen) atoms. The Kier molecular flexibility index (Phi) is 34.0. The Labute approximate surface area is 202 Å². The van der Waals surface area contributed by atoms with Crippen LogP contribution < -0.4 is 0 Å². The van der Waals surface area contributed by atoms with E-state index in [1.165, 1.54) is 20.8 Å². The third-order valence-corrected chi connectivity index (χ3v) is 2.72. The topological polar surface area (TPSA) is 139 Å². The van der Waals surface area contributed by atoms with Crippen molar-refractivity contribution in [2.75, 3.05) is 26.4 Å². The van der Waals surface area contributed by atoms with Crippen LogP contribution in [0.3, 0.4) is 0 Å². The van der Waals surface area contributed by atoms with Crippen molar-refractivity contribution in [1.29, 1.82) is 0 Å². The Balaban J connectivity index is -0.000000167. The third kappa shape index (κ3) is 46.3. The molecule has 0 rings (SSSR count). The van der Waals surface area contributed by atoms with Crippen molar-refractivity contribution < 1.29 is 67.1 Å². The molecule has 0 atom stereocenters. The molecule has 0 aromatic carbocycles. The Morgan fingerprint density at radius 2 is 0.812 bits per heavy atom. The van der Waals surface area contributed by atoms with Crippen LogP contribution in [0.15, 0.2) is 0 Å². The number of carbonyl (C=O) groups is 6. The maximum absolute atomic E-state index is 10.4. The van der Waals surface area contributed by atoms with Crippen molar-refractivity contribution in [3.8, 4) is 0 Å². The summed E-state index contributed by atoms with van der Waals surface area (Å²) in [6.07, 6.45) is 0.812. The normalized spacial score (nSPS) is 8.56. The molecule has 11 heteroatoms. The van der Waals surface area contributed by atoms with Crippen molar-refractivity contribution in [2.45, 2.75) is 74.1 Å². The maximum Gasteiger partial charge on any atom is 0.313 e. The van der Waals surface area contributed by atoms with Gasteiger partial charge >= 0.3 is 62.0 Å². The zero-order chi connectivity index (χ0) is 25.9. The number of Topliss-reactive ketones (excluding diaryl/α,β-unsaturated/α-hetero) is 3. The summed E-state index contributed by atoms with van der Waals surface area (Å²) < 4.78 is 18.2. The zero-order valence-corrected chi connectivity index (χ0v) is 21.8. The molecule has 0 aliphatic rings. The van der Waals surface area contributed by atoms with Crippen molar-refractivity contribution in [3.05, 3.63) is 0 Å². The van der Waals surface area contributed by atoms with E-state index in [-0.39, 0.29) is 36.6 Å². The summed E-state index contributed by atoms with van der Waals surface area (Å²) in [6.45, 7) is 13.2. The van der Waals surface area contributed by atoms with Crippen LogP contribution in [0.25, 0.3) is 0 Å². The minimum absolute atomic E-state index is 0.103. The fraction of sp³-hybridized carbons (Fsp3) is 0.714. The van der Waals surface area contributed by atoms with Gasteiger partial charge in [0, 0.05) is 0 Å². The van der Waals surface area contributed by atoms with Crippen LogP contribution in [0.5, 0.6) is 0 Å². The second-order valence-electron chi connectivity index (χ2n) is 5.90. The van der Waals surface area contributed by atoms with Gasteiger partial charge in [0.15, 0.2) is 0 Å². The first kappa shape index (κ1) is 37.4. The molecule has 0 heterocycles. The fourth-order valence-electron chi connectivity index (χ4n) is 1.35. The average molecular weight is 497 g/mol. The van der Waals surface area contributed by atoms with Crippen molar-refractivity contribution >= 4 is 35.3 Å². The third-order valence-electron chi connectivity index (χ3n) is 2.40. The summed E-state index contributed by atoms with van der Waals surface area (Å²) in [7, 11) is 0. The van der Waals surface area contributed by atoms with Gasteiger partial charge in [-0.2, -0.15) is 0 Å². The van der Waals surface area contributed by atoms with E-state index in [0.717, 1.165) is 13.0 Å². The van der Waals surface area contributed by atoms with E-state index in [2.05, 4.69) is 21.1 Å². The standard InChI is InChI=1S/3C6H10O3.C3H7O.Ti/c3*1-3-9-6(8)4-5(2)7;1-2-3-4;/h3*3-4H2,1-2H3;2-3H2,1H3;/q;;;-1;+1. The molecule has 0 radical (unpaired) electrons. The van der Waals surface area contributed by atoms with Gasteiger partial charge in [0.05, 0.1) is 19.8 Å². The number of ether oxygens (including phenoxy) is 3. The monoisotopic (exact) mass is 497 g/mol. The summed E-state index contributed by atoms with van der Waals surface area (Å²) in [4.78, 5) is 61.9. The molecule has 0 spiro atoms. The quantitative estimate of drug-likeness (QED) is 0.181. The van der Waals surface area contributed by atoms with E-state index in [9.17, 15) is 28.8 Å². The van der Waals surface area contributed by atoms with Crippen LogP contribution in [0.4, 0.5) is 0 Å². The van der Waals surface area contributed by atoms with E-state index in [1.54, 1.807) is 41.6 Å². The summed E-state index contributed by atoms with van der Waals surface area (Å²) in [6, 6.07) is 0. The van der Waals surface area contributed by atoms with Crippen LogP contribution in [0.1, 0.15) is 74.1 Å². The van der Waals surface area contributed by atoms with E-state index in [1.807, 2.05) is 0 Å². The number of ketones is 3. The van der Waals surface area contributed by atoms with Crippen LogP contribution in [-0.4, -0.2) is 61.7 Å². The Morgan fingerprint density at radius 1 is 0.562 bits per heavy atom. The Bertz CT molecular complexity index is 473. The molecule has 0 fully saturated rings. The molecule has 10 nitrogen and oxygen atoms in total. The smallest absolute Gasteiger partial charge is 0.313 e. The maximum atomic E-state index is 10.4. The minimum atomic E-state index is -0.440. The zero-order valence-electron chi connectivity index (χ0n) is 20.2. The predicted octanol–water partition coefficient (Wildman–Crippen LogP) is 2.46. The van der Waals surface area contributed by atoms with Gasteiger partial charge < -0.3 is 14.2 Å². The first-order valence-electron chi connectivity index (χ1n) is 10.1. The first-order valence-corrected chi connectivity index (χ1v) is 10.8. The molecule has 0 aliphatic heterocycles. The van der Waals surface area contributed by atoms with E-state index >= 15 is 0 Å². The van der Waals surface area contributed by atoms with Gasteiger partial charge in [-0.25, -0.2) is 0 Å². The molecule has 0 unspecified atom stereocenters. The van der Waals surface area contributed by atoms with E-state index < -0.39 is 17.9 Å². The minimum Gasteiger partial charge on any atom is -0.466 e. The largest absolute Gasteiger partial charge is 0.466 e. The Morgan fingerprint density at radius 3 is 0.906 bits per heavy atom. The van der Waals surface area contributed by atoms with Gasteiger partial charge in [-0.3, -0.25) is 28.8 Å². The van der Waals surface area contributed by atoms with Gasteiger partial charge in [0.1, 0.15) is 36.6 Å². The number of hydrogen-bond donors (Lipinski definition) is 0. The van der Waals surface area contributed by atoms with Crippen LogP contribution in [0, 0.1) is 0 Å². The van der Waals surface area contributed by atoms with Gasteiger partial charge in [0.2, 0.25) is 0 Å². The van der Waals surface area contributed by atoms with E-state index in [4.69, 9.17) is 3.32 Å². The number of esters is 3. The van der Waals surface area contributed by atoms with Crippen LogP contribution in [0.2, 0.25) is 0 Å². The molecule has 0 aliphatic carbocycles. The molecule has 0 bridgehead atoms. The predicted molar refractivity (Wildman–Crippen MR) is 112 cm³/mol. The molecular weight excluding hydrogens is 460 g/mol. The molecule has 0 amide bonds. The van der Waals surface area contributed by atoms with Crippen molar-refractivity contribution in [1.82, 2.24) is 0 Å². The second kappa shape index (κ2) is 29.1. The summed E-state index contributed by atoms with van der Waals surface area (Å²) in [5.74, 6) is -1.80. The Hall–Kier alpha value is -1.91. The molecule has 0 N–H and O–H groups in total. The first-order chi connectivity index (χ1) is 14.9. The number of hydrogen-bond acceptors (Lipinski definition) is 10. The molecular formula is C21H37O10Ti. The van der Waals surface area contributed by atoms with Gasteiger partial charge in [-0.15, -0.1) is 0 Å². The summed E-state index contributed by atoms with van der Waals surface area (Å²) in [5.41, 5.74) is 0. The molecule has 185 valence electrons. The molecule has 0 saturated heterocycles. The summed E-state index contributed by atoms with van der Waals surface area (Å²) in [5, 5.41) is 0. The van der Waals surface area contributed by atoms with E-state index in [0.29, 0.717) is 19.8 Å². The number of carbonyl (C=O) groups excluding carboxylic acids is 6. The van der Waals surface area contributed by atoms with Crippen LogP contribution >= 0.6 is 0 Å². The van der Waals surface area contributed by atoms with Crippen molar-refractivity contribution in [3.63, 3.8) is 0 Å². The SMILES string of the molecule is CCC[O][Ti].CCOC(=O)CC(C)=O.CCOC(=O)CC(C)=O.CCOC(=O)CC(C)=O. The molecule has 0 saturated carbocycles. The summed E-state index contributed by atoms with van der Waals surface area (Å²) >= 11 is 1.71. The van der Waals surface area contributed by atoms with Gasteiger partial charge in [-0.05, 0) is 41.5 Å².